The van der Waals surface area contributed by atoms with Gasteiger partial charge < -0.3 is 17.8 Å². The van der Waals surface area contributed by atoms with Crippen molar-refractivity contribution in [2.45, 2.75) is 12.8 Å². The van der Waals surface area contributed by atoms with E-state index in [2.05, 4.69) is 0 Å². The van der Waals surface area contributed by atoms with E-state index in [0.29, 0.717) is 35.5 Å². The van der Waals surface area contributed by atoms with Crippen molar-refractivity contribution in [3.63, 3.8) is 0 Å². The van der Waals surface area contributed by atoms with Crippen LogP contribution in [0.1, 0.15) is 22.3 Å². The third-order valence-electron chi connectivity index (χ3n) is 5.68. The molecule has 0 radical (unpaired) electrons. The van der Waals surface area contributed by atoms with Crippen LogP contribution >= 0.6 is 0 Å². The first kappa shape index (κ1) is 19.7. The lowest BCUT2D eigenvalue weighted by Crippen LogP contribution is -2.19. The van der Waals surface area contributed by atoms with Crippen LogP contribution in [-0.4, -0.2) is 8.42 Å². The van der Waals surface area contributed by atoms with E-state index in [-0.39, 0.29) is 11.5 Å². The Hall–Kier alpha value is -3.97. The van der Waals surface area contributed by atoms with Gasteiger partial charge in [0.25, 0.3) is 0 Å². The van der Waals surface area contributed by atoms with Crippen molar-refractivity contribution in [3.05, 3.63) is 107 Å². The number of fused-ring (bicyclic) bond motifs is 4. The zero-order valence-electron chi connectivity index (χ0n) is 17.4. The Morgan fingerprint density at radius 2 is 0.970 bits per heavy atom. The maximum absolute atomic E-state index is 12.9. The summed E-state index contributed by atoms with van der Waals surface area (Å²) in [7, 11) is -4.42. The van der Waals surface area contributed by atoms with Gasteiger partial charge in [0.05, 0.1) is 0 Å². The molecule has 0 saturated carbocycles. The Morgan fingerprint density at radius 1 is 0.545 bits per heavy atom. The van der Waals surface area contributed by atoms with Crippen LogP contribution in [0.4, 0.5) is 0 Å². The van der Waals surface area contributed by atoms with Crippen LogP contribution in [0.15, 0.2) is 84.9 Å². The fourth-order valence-electron chi connectivity index (χ4n) is 4.14. The summed E-state index contributed by atoms with van der Waals surface area (Å²) in [6, 6.07) is 25.4. The van der Waals surface area contributed by atoms with Crippen molar-refractivity contribution in [2.24, 2.45) is 0 Å². The van der Waals surface area contributed by atoms with Crippen molar-refractivity contribution in [1.29, 1.82) is 0 Å². The fourth-order valence-corrected chi connectivity index (χ4v) is 4.93. The monoisotopic (exact) mass is 458 g/mol. The third kappa shape index (κ3) is 3.66. The molecule has 164 valence electrons. The first-order valence-corrected chi connectivity index (χ1v) is 11.8. The molecule has 0 bridgehead atoms. The van der Waals surface area contributed by atoms with Gasteiger partial charge in [-0.2, -0.15) is 0 Å². The lowest BCUT2D eigenvalue weighted by atomic mass is 10.00. The average molecular weight is 458 g/mol. The van der Waals surface area contributed by atoms with Gasteiger partial charge in [0.15, 0.2) is 11.5 Å². The van der Waals surface area contributed by atoms with Gasteiger partial charge in [-0.15, -0.1) is 8.42 Å². The third-order valence-corrected chi connectivity index (χ3v) is 6.45. The van der Waals surface area contributed by atoms with E-state index >= 15 is 0 Å². The minimum Gasteiger partial charge on any atom is -0.457 e. The minimum atomic E-state index is -4.42. The Balaban J connectivity index is 1.29. The molecule has 0 atom stereocenters. The number of hydrogen-bond acceptors (Lipinski definition) is 6. The Labute approximate surface area is 191 Å². The molecule has 2 aliphatic rings. The molecule has 2 heterocycles. The predicted octanol–water partition coefficient (Wildman–Crippen LogP) is 5.78. The molecule has 0 unspecified atom stereocenters. The van der Waals surface area contributed by atoms with Gasteiger partial charge in [0.2, 0.25) is 0 Å². The number of ether oxygens (including phenoxy) is 2. The molecule has 7 heteroatoms. The fraction of sp³-hybridized carbons (Fsp3) is 0.0769. The van der Waals surface area contributed by atoms with Crippen molar-refractivity contribution in [1.82, 2.24) is 0 Å². The molecule has 33 heavy (non-hydrogen) atoms. The van der Waals surface area contributed by atoms with Crippen LogP contribution in [0, 0.1) is 0 Å². The molecular weight excluding hydrogens is 440 g/mol. The molecule has 0 aliphatic carbocycles. The van der Waals surface area contributed by atoms with Crippen LogP contribution in [-0.2, 0) is 23.2 Å². The molecule has 4 aromatic carbocycles. The summed E-state index contributed by atoms with van der Waals surface area (Å²) >= 11 is 0. The molecule has 4 aromatic rings. The Bertz CT molecular complexity index is 1390. The van der Waals surface area contributed by atoms with Crippen molar-refractivity contribution < 1.29 is 26.3 Å². The molecule has 0 amide bonds. The maximum Gasteiger partial charge on any atom is 0.501 e. The summed E-state index contributed by atoms with van der Waals surface area (Å²) in [6.45, 7) is 0. The van der Waals surface area contributed by atoms with Crippen LogP contribution in [0.2, 0.25) is 0 Å². The molecule has 2 aliphatic heterocycles. The highest BCUT2D eigenvalue weighted by Crippen LogP contribution is 2.43. The summed E-state index contributed by atoms with van der Waals surface area (Å²) < 4.78 is 48.5. The highest BCUT2D eigenvalue weighted by molar-refractivity contribution is 7.82. The summed E-state index contributed by atoms with van der Waals surface area (Å²) in [5.74, 6) is 2.96. The number of benzene rings is 4. The summed E-state index contributed by atoms with van der Waals surface area (Å²) in [4.78, 5) is 0. The van der Waals surface area contributed by atoms with E-state index in [9.17, 15) is 8.42 Å². The SMILES string of the molecule is O=S(=O)(Oc1cccc2c1Cc1ccccc1O2)Oc1cccc2c1Cc1ccccc1O2. The molecular formula is C26H18O6S. The van der Waals surface area contributed by atoms with E-state index < -0.39 is 10.4 Å². The highest BCUT2D eigenvalue weighted by Gasteiger charge is 2.27. The highest BCUT2D eigenvalue weighted by atomic mass is 32.3. The minimum absolute atomic E-state index is 0.174. The van der Waals surface area contributed by atoms with E-state index in [1.807, 2.05) is 48.5 Å². The van der Waals surface area contributed by atoms with Gasteiger partial charge in [-0.05, 0) is 47.5 Å². The van der Waals surface area contributed by atoms with Gasteiger partial charge in [-0.3, -0.25) is 0 Å². The largest absolute Gasteiger partial charge is 0.501 e. The predicted molar refractivity (Wildman–Crippen MR) is 122 cm³/mol. The van der Waals surface area contributed by atoms with Crippen molar-refractivity contribution in [2.75, 3.05) is 0 Å². The quantitative estimate of drug-likeness (QED) is 0.333. The zero-order chi connectivity index (χ0) is 22.4. The number of para-hydroxylation sites is 2. The summed E-state index contributed by atoms with van der Waals surface area (Å²) in [6.07, 6.45) is 0.977. The van der Waals surface area contributed by atoms with E-state index in [1.54, 1.807) is 36.4 Å². The standard InChI is InChI=1S/C26H18O6S/c27-33(28,31-25-13-5-11-23-19(25)15-17-7-1-3-9-21(17)29-23)32-26-14-6-12-24-20(26)16-18-8-2-4-10-22(18)30-24/h1-14H,15-16H2. The summed E-state index contributed by atoms with van der Waals surface area (Å²) in [5.41, 5.74) is 3.20. The lowest BCUT2D eigenvalue weighted by molar-refractivity contribution is 0.383. The topological polar surface area (TPSA) is 71.1 Å². The van der Waals surface area contributed by atoms with Crippen LogP contribution < -0.4 is 17.8 Å². The molecule has 0 N–H and O–H groups in total. The molecule has 0 fully saturated rings. The Kier molecular flexibility index (Phi) is 4.52. The first-order valence-electron chi connectivity index (χ1n) is 10.4. The number of rotatable bonds is 4. The van der Waals surface area contributed by atoms with Crippen molar-refractivity contribution in [3.8, 4) is 34.5 Å². The second-order valence-electron chi connectivity index (χ2n) is 7.81. The average Bonchev–Trinajstić information content (AvgIpc) is 2.82. The molecule has 0 aromatic heterocycles. The van der Waals surface area contributed by atoms with Gasteiger partial charge >= 0.3 is 10.4 Å². The molecule has 0 spiro atoms. The second-order valence-corrected chi connectivity index (χ2v) is 8.96. The van der Waals surface area contributed by atoms with Crippen LogP contribution in [0.3, 0.4) is 0 Å². The molecule has 6 nitrogen and oxygen atoms in total. The van der Waals surface area contributed by atoms with Crippen molar-refractivity contribution >= 4 is 10.4 Å². The lowest BCUT2D eigenvalue weighted by Gasteiger charge is -2.23. The smallest absolute Gasteiger partial charge is 0.457 e. The van der Waals surface area contributed by atoms with Gasteiger partial charge in [-0.25, -0.2) is 0 Å². The first-order chi connectivity index (χ1) is 16.1. The Morgan fingerprint density at radius 3 is 1.45 bits per heavy atom. The maximum atomic E-state index is 12.9. The van der Waals surface area contributed by atoms with E-state index in [0.717, 1.165) is 22.6 Å². The van der Waals surface area contributed by atoms with Crippen LogP contribution in [0.5, 0.6) is 34.5 Å². The van der Waals surface area contributed by atoms with E-state index in [4.69, 9.17) is 17.8 Å². The van der Waals surface area contributed by atoms with Gasteiger partial charge in [0, 0.05) is 24.0 Å². The van der Waals surface area contributed by atoms with E-state index in [1.165, 1.54) is 0 Å². The number of hydrogen-bond donors (Lipinski definition) is 0. The van der Waals surface area contributed by atoms with Crippen LogP contribution in [0.25, 0.3) is 0 Å². The van der Waals surface area contributed by atoms with Gasteiger partial charge in [0.1, 0.15) is 23.0 Å². The summed E-state index contributed by atoms with van der Waals surface area (Å²) in [5, 5.41) is 0. The van der Waals surface area contributed by atoms with Gasteiger partial charge in [-0.1, -0.05) is 48.5 Å². The second kappa shape index (κ2) is 7.56. The molecule has 0 saturated heterocycles. The zero-order valence-corrected chi connectivity index (χ0v) is 18.2. The normalized spacial score (nSPS) is 13.3. The molecule has 6 rings (SSSR count).